The lowest BCUT2D eigenvalue weighted by atomic mass is 9.99. The van der Waals surface area contributed by atoms with E-state index in [1.54, 1.807) is 29.8 Å². The summed E-state index contributed by atoms with van der Waals surface area (Å²) in [4.78, 5) is -0.199. The number of nitrogens with zero attached hydrogens (tertiary/aromatic N) is 2. The van der Waals surface area contributed by atoms with Crippen molar-refractivity contribution >= 4 is 21.5 Å². The Morgan fingerprint density at radius 2 is 1.83 bits per heavy atom. The monoisotopic (exact) mass is 348 g/mol. The summed E-state index contributed by atoms with van der Waals surface area (Å²) in [5.41, 5.74) is 2.99. The van der Waals surface area contributed by atoms with Crippen molar-refractivity contribution in [3.63, 3.8) is 0 Å². The summed E-state index contributed by atoms with van der Waals surface area (Å²) in [5.74, 6) is 0.452. The van der Waals surface area contributed by atoms with Crippen molar-refractivity contribution in [3.8, 4) is 27.4 Å². The first-order chi connectivity index (χ1) is 11.0. The fourth-order valence-corrected chi connectivity index (χ4v) is 3.66. The normalized spacial score (nSPS) is 11.4. The molecule has 3 aromatic rings. The molecule has 0 saturated carbocycles. The van der Waals surface area contributed by atoms with Gasteiger partial charge in [-0.1, -0.05) is 41.7 Å². The average Bonchev–Trinajstić information content (AvgIpc) is 3.07. The smallest absolute Gasteiger partial charge is 0.295 e. The van der Waals surface area contributed by atoms with Gasteiger partial charge in [0.2, 0.25) is 0 Å². The van der Waals surface area contributed by atoms with Gasteiger partial charge in [0.1, 0.15) is 16.2 Å². The Bertz CT molecular complexity index is 924. The third-order valence-corrected chi connectivity index (χ3v) is 4.87. The second kappa shape index (κ2) is 6.07. The molecular formula is C15H12N2O4S2. The molecule has 0 aliphatic rings. The molecule has 0 radical (unpaired) electrons. The van der Waals surface area contributed by atoms with Crippen LogP contribution in [0.5, 0.6) is 5.75 Å². The lowest BCUT2D eigenvalue weighted by molar-refractivity contribution is 0.416. The molecule has 6 nitrogen and oxygen atoms in total. The van der Waals surface area contributed by atoms with Gasteiger partial charge in [-0.05, 0) is 17.7 Å². The molecule has 3 rings (SSSR count). The zero-order chi connectivity index (χ0) is 16.4. The quantitative estimate of drug-likeness (QED) is 0.729. The predicted molar refractivity (Wildman–Crippen MR) is 87.1 cm³/mol. The van der Waals surface area contributed by atoms with E-state index in [4.69, 9.17) is 4.74 Å². The van der Waals surface area contributed by atoms with Gasteiger partial charge < -0.3 is 4.74 Å². The van der Waals surface area contributed by atoms with Gasteiger partial charge in [0, 0.05) is 5.56 Å². The van der Waals surface area contributed by atoms with Gasteiger partial charge in [0.05, 0.1) is 12.7 Å². The summed E-state index contributed by atoms with van der Waals surface area (Å²) in [6.07, 6.45) is 0. The largest absolute Gasteiger partial charge is 0.496 e. The predicted octanol–water partition coefficient (Wildman–Crippen LogP) is 3.13. The molecule has 0 bridgehead atoms. The van der Waals surface area contributed by atoms with Crippen molar-refractivity contribution in [2.75, 3.05) is 7.11 Å². The Morgan fingerprint density at radius 1 is 1.09 bits per heavy atom. The molecule has 0 aliphatic heterocycles. The third kappa shape index (κ3) is 2.96. The molecule has 23 heavy (non-hydrogen) atoms. The number of methoxy groups -OCH3 is 1. The fourth-order valence-electron chi connectivity index (χ4n) is 2.34. The summed E-state index contributed by atoms with van der Waals surface area (Å²) in [5, 5.41) is 8.32. The van der Waals surface area contributed by atoms with Gasteiger partial charge >= 0.3 is 0 Å². The fraction of sp³-hybridized carbons (Fsp3) is 0.0667. The van der Waals surface area contributed by atoms with Crippen LogP contribution in [0.1, 0.15) is 0 Å². The van der Waals surface area contributed by atoms with Crippen LogP contribution in [0.25, 0.3) is 21.7 Å². The Balaban J connectivity index is 2.45. The van der Waals surface area contributed by atoms with E-state index in [2.05, 4.69) is 10.2 Å². The van der Waals surface area contributed by atoms with E-state index in [9.17, 15) is 13.0 Å². The van der Waals surface area contributed by atoms with E-state index in [0.717, 1.165) is 0 Å². The maximum Gasteiger partial charge on any atom is 0.295 e. The van der Waals surface area contributed by atoms with Crippen LogP contribution >= 0.6 is 11.3 Å². The van der Waals surface area contributed by atoms with Crippen molar-refractivity contribution in [2.24, 2.45) is 0 Å². The lowest BCUT2D eigenvalue weighted by Gasteiger charge is -2.15. The van der Waals surface area contributed by atoms with Gasteiger partial charge in [0.15, 0.2) is 5.01 Å². The second-order valence-corrected chi connectivity index (χ2v) is 6.82. The van der Waals surface area contributed by atoms with E-state index >= 15 is 0 Å². The van der Waals surface area contributed by atoms with E-state index < -0.39 is 10.1 Å². The number of aromatic nitrogens is 2. The molecule has 1 N–H and O–H groups in total. The molecule has 1 heterocycles. The number of ether oxygens (including phenoxy) is 1. The number of benzene rings is 2. The minimum absolute atomic E-state index is 0.199. The van der Waals surface area contributed by atoms with Gasteiger partial charge in [-0.3, -0.25) is 4.55 Å². The summed E-state index contributed by atoms with van der Waals surface area (Å²) in [6, 6.07) is 11.7. The number of hydrogen-bond acceptors (Lipinski definition) is 6. The van der Waals surface area contributed by atoms with Crippen LogP contribution < -0.4 is 4.74 Å². The average molecular weight is 348 g/mol. The topological polar surface area (TPSA) is 89.4 Å². The lowest BCUT2D eigenvalue weighted by Crippen LogP contribution is -2.03. The molecule has 8 heteroatoms. The van der Waals surface area contributed by atoms with Crippen molar-refractivity contribution in [2.45, 2.75) is 4.90 Å². The highest BCUT2D eigenvalue weighted by molar-refractivity contribution is 7.86. The standard InChI is InChI=1S/C15H12N2O4S2/c1-21-11-7-8-12(23(18,19)20)13(10-5-3-2-4-6-10)14(11)15-17-16-9-22-15/h2-9H,1H3,(H,18,19,20). The summed E-state index contributed by atoms with van der Waals surface area (Å²) < 4.78 is 38.6. The van der Waals surface area contributed by atoms with Gasteiger partial charge in [0.25, 0.3) is 10.1 Å². The highest BCUT2D eigenvalue weighted by Crippen LogP contribution is 2.43. The molecule has 0 fully saturated rings. The Morgan fingerprint density at radius 3 is 2.39 bits per heavy atom. The molecule has 0 saturated heterocycles. The van der Waals surface area contributed by atoms with Crippen LogP contribution in [0, 0.1) is 0 Å². The number of rotatable bonds is 4. The molecule has 0 unspecified atom stereocenters. The molecular weight excluding hydrogens is 336 g/mol. The Kier molecular flexibility index (Phi) is 4.12. The summed E-state index contributed by atoms with van der Waals surface area (Å²) in [7, 11) is -2.93. The Hall–Kier alpha value is -2.29. The van der Waals surface area contributed by atoms with Crippen molar-refractivity contribution in [1.29, 1.82) is 0 Å². The molecule has 0 amide bonds. The van der Waals surface area contributed by atoms with E-state index in [-0.39, 0.29) is 4.90 Å². The third-order valence-electron chi connectivity index (χ3n) is 3.26. The van der Waals surface area contributed by atoms with Crippen LogP contribution in [0.15, 0.2) is 52.9 Å². The van der Waals surface area contributed by atoms with Gasteiger partial charge in [-0.15, -0.1) is 10.2 Å². The molecule has 118 valence electrons. The zero-order valence-electron chi connectivity index (χ0n) is 12.0. The first-order valence-corrected chi connectivity index (χ1v) is 8.85. The minimum Gasteiger partial charge on any atom is -0.496 e. The van der Waals surface area contributed by atoms with Crippen LogP contribution in [0.3, 0.4) is 0 Å². The highest BCUT2D eigenvalue weighted by Gasteiger charge is 2.25. The molecule has 1 aromatic heterocycles. The first-order valence-electron chi connectivity index (χ1n) is 6.53. The highest BCUT2D eigenvalue weighted by atomic mass is 32.2. The molecule has 0 aliphatic carbocycles. The maximum atomic E-state index is 11.8. The van der Waals surface area contributed by atoms with E-state index in [1.807, 2.05) is 6.07 Å². The molecule has 2 aromatic carbocycles. The van der Waals surface area contributed by atoms with Crippen molar-refractivity contribution < 1.29 is 17.7 Å². The van der Waals surface area contributed by atoms with Crippen LogP contribution in [0.4, 0.5) is 0 Å². The molecule has 0 spiro atoms. The Labute approximate surface area is 137 Å². The van der Waals surface area contributed by atoms with Crippen LogP contribution in [-0.2, 0) is 10.1 Å². The SMILES string of the molecule is COc1ccc(S(=O)(=O)O)c(-c2ccccc2)c1-c1nncs1. The first kappa shape index (κ1) is 15.6. The number of hydrogen-bond donors (Lipinski definition) is 1. The zero-order valence-corrected chi connectivity index (χ0v) is 13.6. The maximum absolute atomic E-state index is 11.8. The van der Waals surface area contributed by atoms with Crippen molar-refractivity contribution in [1.82, 2.24) is 10.2 Å². The van der Waals surface area contributed by atoms with Crippen LogP contribution in [0.2, 0.25) is 0 Å². The van der Waals surface area contributed by atoms with Gasteiger partial charge in [-0.2, -0.15) is 8.42 Å². The van der Waals surface area contributed by atoms with E-state index in [0.29, 0.717) is 27.4 Å². The molecule has 0 atom stereocenters. The minimum atomic E-state index is -4.42. The van der Waals surface area contributed by atoms with E-state index in [1.165, 1.54) is 30.6 Å². The summed E-state index contributed by atoms with van der Waals surface area (Å²) >= 11 is 1.26. The summed E-state index contributed by atoms with van der Waals surface area (Å²) in [6.45, 7) is 0. The second-order valence-electron chi connectivity index (χ2n) is 4.60. The van der Waals surface area contributed by atoms with Crippen molar-refractivity contribution in [3.05, 3.63) is 48.0 Å². The van der Waals surface area contributed by atoms with Crippen LogP contribution in [-0.4, -0.2) is 30.3 Å². The van der Waals surface area contributed by atoms with Gasteiger partial charge in [-0.25, -0.2) is 0 Å².